The summed E-state index contributed by atoms with van der Waals surface area (Å²) in [6.45, 7) is 6.36. The Morgan fingerprint density at radius 1 is 1.64 bits per heavy atom. The zero-order valence-electron chi connectivity index (χ0n) is 6.27. The van der Waals surface area contributed by atoms with Crippen molar-refractivity contribution < 1.29 is 20.1 Å². The van der Waals surface area contributed by atoms with Crippen molar-refractivity contribution in [3.63, 3.8) is 0 Å². The summed E-state index contributed by atoms with van der Waals surface area (Å²) in [6, 6.07) is 0. The van der Waals surface area contributed by atoms with Gasteiger partial charge in [0.05, 0.1) is 12.7 Å². The summed E-state index contributed by atoms with van der Waals surface area (Å²) >= 11 is 0. The van der Waals surface area contributed by atoms with Crippen molar-refractivity contribution in [2.75, 3.05) is 6.61 Å². The molecule has 11 heavy (non-hydrogen) atoms. The fourth-order valence-corrected chi connectivity index (χ4v) is 1.09. The molecule has 3 N–H and O–H groups in total. The summed E-state index contributed by atoms with van der Waals surface area (Å²) in [6.07, 6.45) is -2.84. The quantitative estimate of drug-likeness (QED) is 0.440. The van der Waals surface area contributed by atoms with Crippen molar-refractivity contribution in [2.24, 2.45) is 0 Å². The predicted octanol–water partition coefficient (Wildman–Crippen LogP) is -1.43. The van der Waals surface area contributed by atoms with E-state index in [9.17, 15) is 10.2 Å². The van der Waals surface area contributed by atoms with E-state index in [0.29, 0.717) is 0 Å². The zero-order valence-corrected chi connectivity index (χ0v) is 6.27. The highest BCUT2D eigenvalue weighted by molar-refractivity contribution is 5.01. The molecule has 0 aromatic heterocycles. The monoisotopic (exact) mass is 160 g/mol. The van der Waals surface area contributed by atoms with E-state index in [4.69, 9.17) is 16.8 Å². The smallest absolute Gasteiger partial charge is 0.117 e. The second-order valence-electron chi connectivity index (χ2n) is 2.95. The lowest BCUT2D eigenvalue weighted by Gasteiger charge is -2.23. The van der Waals surface area contributed by atoms with Gasteiger partial charge in [-0.2, -0.15) is 0 Å². The highest BCUT2D eigenvalue weighted by atomic mass is 16.6. The van der Waals surface area contributed by atoms with E-state index in [0.717, 1.165) is 0 Å². The molecule has 0 aromatic rings. The van der Waals surface area contributed by atoms with Crippen LogP contribution in [0.3, 0.4) is 0 Å². The molecule has 1 aliphatic heterocycles. The van der Waals surface area contributed by atoms with Crippen LogP contribution in [0.15, 0.2) is 0 Å². The third-order valence-electron chi connectivity index (χ3n) is 2.03. The van der Waals surface area contributed by atoms with E-state index < -0.39 is 23.9 Å². The van der Waals surface area contributed by atoms with Crippen molar-refractivity contribution in [3.8, 4) is 0 Å². The van der Waals surface area contributed by atoms with Gasteiger partial charge >= 0.3 is 0 Å². The van der Waals surface area contributed by atoms with E-state index in [1.807, 2.05) is 0 Å². The van der Waals surface area contributed by atoms with Gasteiger partial charge < -0.3 is 20.1 Å². The molecular formula is C7H12O4. The predicted molar refractivity (Wildman–Crippen MR) is 36.7 cm³/mol. The van der Waals surface area contributed by atoms with E-state index in [1.165, 1.54) is 6.92 Å². The number of aliphatic hydroxyl groups is 3. The van der Waals surface area contributed by atoms with Gasteiger partial charge in [-0.3, -0.25) is 0 Å². The first-order chi connectivity index (χ1) is 5.00. The molecule has 4 nitrogen and oxygen atoms in total. The van der Waals surface area contributed by atoms with E-state index in [1.54, 1.807) is 0 Å². The Balaban J connectivity index is 2.71. The van der Waals surface area contributed by atoms with Crippen molar-refractivity contribution in [1.82, 2.24) is 0 Å². The molecule has 1 heterocycles. The summed E-state index contributed by atoms with van der Waals surface area (Å²) in [4.78, 5) is 0. The Kier molecular flexibility index (Phi) is 2.20. The first kappa shape index (κ1) is 8.93. The minimum absolute atomic E-state index is 0.342. The number of hydrogen-bond donors (Lipinski definition) is 3. The van der Waals surface area contributed by atoms with E-state index >= 15 is 0 Å². The van der Waals surface area contributed by atoms with Gasteiger partial charge in [0, 0.05) is 0 Å². The Morgan fingerprint density at radius 3 is 2.36 bits per heavy atom. The lowest BCUT2D eigenvalue weighted by Crippen LogP contribution is -2.44. The number of aliphatic hydroxyl groups excluding tert-OH is 2. The lowest BCUT2D eigenvalue weighted by atomic mass is 9.94. The number of ether oxygens (including phenoxy) is 1. The van der Waals surface area contributed by atoms with Crippen LogP contribution in [0.4, 0.5) is 0 Å². The van der Waals surface area contributed by atoms with Gasteiger partial charge in [0.15, 0.2) is 0 Å². The van der Waals surface area contributed by atoms with Gasteiger partial charge in [-0.1, -0.05) is 0 Å². The van der Waals surface area contributed by atoms with Crippen LogP contribution >= 0.6 is 0 Å². The molecule has 64 valence electrons. The first-order valence-corrected chi connectivity index (χ1v) is 3.42. The maximum atomic E-state index is 9.42. The molecule has 0 saturated carbocycles. The Morgan fingerprint density at radius 2 is 2.18 bits per heavy atom. The van der Waals surface area contributed by atoms with Crippen LogP contribution in [0.1, 0.15) is 6.92 Å². The Hall–Kier alpha value is -0.160. The van der Waals surface area contributed by atoms with Gasteiger partial charge in [-0.25, -0.2) is 0 Å². The van der Waals surface area contributed by atoms with Crippen molar-refractivity contribution in [2.45, 2.75) is 30.8 Å². The molecule has 1 fully saturated rings. The molecule has 1 rings (SSSR count). The minimum atomic E-state index is -1.46. The fraction of sp³-hybridized carbons (Fsp3) is 0.857. The van der Waals surface area contributed by atoms with Gasteiger partial charge in [0.25, 0.3) is 0 Å². The van der Waals surface area contributed by atoms with Crippen LogP contribution in [0, 0.1) is 6.92 Å². The summed E-state index contributed by atoms with van der Waals surface area (Å²) < 4.78 is 4.87. The van der Waals surface area contributed by atoms with Crippen molar-refractivity contribution >= 4 is 0 Å². The van der Waals surface area contributed by atoms with Crippen LogP contribution in [0.5, 0.6) is 0 Å². The third-order valence-corrected chi connectivity index (χ3v) is 2.03. The number of hydrogen-bond acceptors (Lipinski definition) is 4. The standard InChI is InChI=1S/C7H12O4/c1-4-7(2,10)6(9)5(3-8)11-4/h1,4-6,8-10H,3H2,2H3/t4-,5+,6-,7?/m0/s1. The average molecular weight is 160 g/mol. The fourth-order valence-electron chi connectivity index (χ4n) is 1.09. The van der Waals surface area contributed by atoms with Crippen LogP contribution in [-0.4, -0.2) is 45.8 Å². The summed E-state index contributed by atoms with van der Waals surface area (Å²) in [5, 5.41) is 27.3. The van der Waals surface area contributed by atoms with Crippen molar-refractivity contribution in [3.05, 3.63) is 6.92 Å². The summed E-state index contributed by atoms with van der Waals surface area (Å²) in [5.74, 6) is 0. The molecule has 0 aliphatic carbocycles. The SMILES string of the molecule is [CH][C@@H]1O[C@H](CO)[C@H](O)C1(C)O. The van der Waals surface area contributed by atoms with E-state index in [2.05, 4.69) is 0 Å². The summed E-state index contributed by atoms with van der Waals surface area (Å²) in [5.41, 5.74) is -1.46. The molecule has 1 unspecified atom stereocenters. The molecule has 2 radical (unpaired) electrons. The van der Waals surface area contributed by atoms with Crippen LogP contribution < -0.4 is 0 Å². The topological polar surface area (TPSA) is 69.9 Å². The second-order valence-corrected chi connectivity index (χ2v) is 2.95. The van der Waals surface area contributed by atoms with Gasteiger partial charge in [0.2, 0.25) is 0 Å². The van der Waals surface area contributed by atoms with Crippen LogP contribution in [-0.2, 0) is 4.74 Å². The molecular weight excluding hydrogens is 148 g/mol. The first-order valence-electron chi connectivity index (χ1n) is 3.42. The van der Waals surface area contributed by atoms with Gasteiger partial charge in [0.1, 0.15) is 17.8 Å². The third kappa shape index (κ3) is 1.27. The van der Waals surface area contributed by atoms with E-state index in [-0.39, 0.29) is 6.61 Å². The van der Waals surface area contributed by atoms with Gasteiger partial charge in [-0.05, 0) is 13.8 Å². The normalized spacial score (nSPS) is 51.5. The average Bonchev–Trinajstić information content (AvgIpc) is 2.14. The maximum absolute atomic E-state index is 9.42. The minimum Gasteiger partial charge on any atom is -0.394 e. The highest BCUT2D eigenvalue weighted by Gasteiger charge is 2.49. The molecule has 1 aliphatic rings. The molecule has 0 spiro atoms. The molecule has 0 amide bonds. The van der Waals surface area contributed by atoms with Crippen LogP contribution in [0.25, 0.3) is 0 Å². The largest absolute Gasteiger partial charge is 0.394 e. The van der Waals surface area contributed by atoms with Crippen molar-refractivity contribution in [1.29, 1.82) is 0 Å². The summed E-state index contributed by atoms with van der Waals surface area (Å²) in [7, 11) is 0. The molecule has 0 aromatic carbocycles. The Bertz CT molecular complexity index is 145. The molecule has 4 heteroatoms. The Labute approximate surface area is 65.4 Å². The van der Waals surface area contributed by atoms with Crippen LogP contribution in [0.2, 0.25) is 0 Å². The number of rotatable bonds is 1. The highest BCUT2D eigenvalue weighted by Crippen LogP contribution is 2.29. The molecule has 0 bridgehead atoms. The lowest BCUT2D eigenvalue weighted by molar-refractivity contribution is -0.0515. The van der Waals surface area contributed by atoms with Gasteiger partial charge in [-0.15, -0.1) is 0 Å². The molecule has 4 atom stereocenters. The molecule has 1 saturated heterocycles. The second kappa shape index (κ2) is 2.71. The maximum Gasteiger partial charge on any atom is 0.117 e. The zero-order chi connectivity index (χ0) is 8.65.